The number of benzene rings is 3. The second-order valence-electron chi connectivity index (χ2n) is 8.35. The van der Waals surface area contributed by atoms with Crippen molar-refractivity contribution in [2.45, 2.75) is 31.9 Å². The number of carbonyl (C=O) groups excluding carboxylic acids is 2. The van der Waals surface area contributed by atoms with Gasteiger partial charge in [-0.3, -0.25) is 9.59 Å². The van der Waals surface area contributed by atoms with Gasteiger partial charge >= 0.3 is 0 Å². The summed E-state index contributed by atoms with van der Waals surface area (Å²) >= 11 is 0. The fraction of sp³-hybridized carbons (Fsp3) is 0.286. The van der Waals surface area contributed by atoms with E-state index in [0.29, 0.717) is 30.3 Å². The van der Waals surface area contributed by atoms with Crippen LogP contribution in [0, 0.1) is 0 Å². The van der Waals surface area contributed by atoms with Crippen LogP contribution in [0.4, 0.5) is 5.69 Å². The number of rotatable bonds is 12. The molecule has 7 nitrogen and oxygen atoms in total. The van der Waals surface area contributed by atoms with E-state index in [0.717, 1.165) is 24.2 Å². The molecule has 4 rings (SSSR count). The van der Waals surface area contributed by atoms with Crippen LogP contribution in [0.2, 0.25) is 0 Å². The summed E-state index contributed by atoms with van der Waals surface area (Å²) in [6.07, 6.45) is 2.11. The number of ether oxygens (including phenoxy) is 3. The summed E-state index contributed by atoms with van der Waals surface area (Å²) < 4.78 is 16.7. The maximum Gasteiger partial charge on any atom is 0.260 e. The fourth-order valence-corrected chi connectivity index (χ4v) is 3.68. The van der Waals surface area contributed by atoms with Crippen molar-refractivity contribution in [1.82, 2.24) is 4.90 Å². The second kappa shape index (κ2) is 11.9. The summed E-state index contributed by atoms with van der Waals surface area (Å²) in [4.78, 5) is 27.0. The van der Waals surface area contributed by atoms with Gasteiger partial charge in [-0.05, 0) is 54.8 Å². The summed E-state index contributed by atoms with van der Waals surface area (Å²) in [5.41, 5.74) is 1.78. The normalized spacial score (nSPS) is 12.5. The van der Waals surface area contributed by atoms with Gasteiger partial charge in [-0.1, -0.05) is 42.5 Å². The standard InChI is InChI=1S/C28H30N2O5/c1-33-25-9-5-6-10-26(25)35-20-28(32)30(23-13-14-23)18-17-27(31)29-22-11-15-24(16-12-22)34-19-21-7-3-2-4-8-21/h2-12,15-16,23H,13-14,17-20H2,1H3,(H,29,31). The van der Waals surface area contributed by atoms with E-state index in [-0.39, 0.29) is 30.9 Å². The first kappa shape index (κ1) is 24.1. The number of hydrogen-bond acceptors (Lipinski definition) is 5. The van der Waals surface area contributed by atoms with Crippen LogP contribution in [-0.2, 0) is 16.2 Å². The van der Waals surface area contributed by atoms with Crippen LogP contribution in [-0.4, -0.2) is 43.0 Å². The predicted octanol–water partition coefficient (Wildman–Crippen LogP) is 4.67. The number of nitrogens with one attached hydrogen (secondary N) is 1. The topological polar surface area (TPSA) is 77.1 Å². The average molecular weight is 475 g/mol. The molecule has 0 heterocycles. The van der Waals surface area contributed by atoms with Gasteiger partial charge in [0.1, 0.15) is 12.4 Å². The summed E-state index contributed by atoms with van der Waals surface area (Å²) in [6.45, 7) is 0.740. The number of hydrogen-bond donors (Lipinski definition) is 1. The number of amides is 2. The van der Waals surface area contributed by atoms with E-state index in [1.807, 2.05) is 66.7 Å². The highest BCUT2D eigenvalue weighted by Crippen LogP contribution is 2.29. The maximum absolute atomic E-state index is 12.8. The fourth-order valence-electron chi connectivity index (χ4n) is 3.68. The molecule has 0 spiro atoms. The van der Waals surface area contributed by atoms with Crippen LogP contribution in [0.25, 0.3) is 0 Å². The van der Waals surface area contributed by atoms with Gasteiger partial charge in [0.05, 0.1) is 7.11 Å². The minimum atomic E-state index is -0.146. The van der Waals surface area contributed by atoms with Crippen molar-refractivity contribution >= 4 is 17.5 Å². The van der Waals surface area contributed by atoms with Gasteiger partial charge in [0.15, 0.2) is 18.1 Å². The molecule has 1 N–H and O–H groups in total. The molecule has 2 amide bonds. The Bertz CT molecular complexity index is 1110. The maximum atomic E-state index is 12.8. The zero-order chi connectivity index (χ0) is 24.5. The molecule has 0 bridgehead atoms. The summed E-state index contributed by atoms with van der Waals surface area (Å²) in [5.74, 6) is 1.55. The number of anilines is 1. The average Bonchev–Trinajstić information content (AvgIpc) is 3.73. The molecule has 1 fully saturated rings. The minimum absolute atomic E-state index is 0.0943. The molecule has 0 aliphatic heterocycles. The third-order valence-electron chi connectivity index (χ3n) is 5.69. The quantitative estimate of drug-likeness (QED) is 0.413. The molecule has 3 aromatic rings. The number of para-hydroxylation sites is 2. The Morgan fingerprint density at radius 1 is 0.886 bits per heavy atom. The Morgan fingerprint density at radius 2 is 1.57 bits per heavy atom. The van der Waals surface area contributed by atoms with E-state index in [1.165, 1.54) is 0 Å². The summed E-state index contributed by atoms with van der Waals surface area (Å²) in [5, 5.41) is 2.89. The van der Waals surface area contributed by atoms with Crippen molar-refractivity contribution in [2.24, 2.45) is 0 Å². The second-order valence-corrected chi connectivity index (χ2v) is 8.35. The van der Waals surface area contributed by atoms with Crippen molar-refractivity contribution < 1.29 is 23.8 Å². The third kappa shape index (κ3) is 7.24. The lowest BCUT2D eigenvalue weighted by atomic mass is 10.2. The van der Waals surface area contributed by atoms with Crippen LogP contribution in [0.5, 0.6) is 17.2 Å². The third-order valence-corrected chi connectivity index (χ3v) is 5.69. The number of carbonyl (C=O) groups is 2. The van der Waals surface area contributed by atoms with Crippen LogP contribution in [0.15, 0.2) is 78.9 Å². The van der Waals surface area contributed by atoms with E-state index in [2.05, 4.69) is 5.32 Å². The highest BCUT2D eigenvalue weighted by molar-refractivity contribution is 5.91. The molecule has 0 atom stereocenters. The Morgan fingerprint density at radius 3 is 2.26 bits per heavy atom. The van der Waals surface area contributed by atoms with Crippen molar-refractivity contribution in [3.8, 4) is 17.2 Å². The van der Waals surface area contributed by atoms with Crippen molar-refractivity contribution in [3.63, 3.8) is 0 Å². The Balaban J connectivity index is 1.23. The largest absolute Gasteiger partial charge is 0.493 e. The van der Waals surface area contributed by atoms with Gasteiger partial charge in [-0.25, -0.2) is 0 Å². The van der Waals surface area contributed by atoms with Gasteiger partial charge < -0.3 is 24.4 Å². The molecule has 1 saturated carbocycles. The highest BCUT2D eigenvalue weighted by atomic mass is 16.5. The van der Waals surface area contributed by atoms with E-state index in [4.69, 9.17) is 14.2 Å². The summed E-state index contributed by atoms with van der Waals surface area (Å²) in [7, 11) is 1.56. The first-order chi connectivity index (χ1) is 17.1. The molecular formula is C28H30N2O5. The van der Waals surface area contributed by atoms with E-state index in [9.17, 15) is 9.59 Å². The van der Waals surface area contributed by atoms with Crippen molar-refractivity contribution in [1.29, 1.82) is 0 Å². The van der Waals surface area contributed by atoms with E-state index in [1.54, 1.807) is 24.1 Å². The van der Waals surface area contributed by atoms with Gasteiger partial charge in [-0.15, -0.1) is 0 Å². The first-order valence-corrected chi connectivity index (χ1v) is 11.7. The molecule has 35 heavy (non-hydrogen) atoms. The monoisotopic (exact) mass is 474 g/mol. The lowest BCUT2D eigenvalue weighted by Crippen LogP contribution is -2.38. The minimum Gasteiger partial charge on any atom is -0.493 e. The molecule has 0 unspecified atom stereocenters. The van der Waals surface area contributed by atoms with Crippen LogP contribution in [0.1, 0.15) is 24.8 Å². The van der Waals surface area contributed by atoms with Crippen LogP contribution < -0.4 is 19.5 Å². The number of nitrogens with zero attached hydrogens (tertiary/aromatic N) is 1. The lowest BCUT2D eigenvalue weighted by molar-refractivity contribution is -0.134. The van der Waals surface area contributed by atoms with Gasteiger partial charge in [0.2, 0.25) is 5.91 Å². The Kier molecular flexibility index (Phi) is 8.22. The zero-order valence-electron chi connectivity index (χ0n) is 19.8. The molecule has 7 heteroatoms. The number of methoxy groups -OCH3 is 1. The summed E-state index contributed by atoms with van der Waals surface area (Å²) in [6, 6.07) is 24.6. The first-order valence-electron chi connectivity index (χ1n) is 11.7. The van der Waals surface area contributed by atoms with Gasteiger partial charge in [-0.2, -0.15) is 0 Å². The van der Waals surface area contributed by atoms with E-state index < -0.39 is 0 Å². The predicted molar refractivity (Wildman–Crippen MR) is 134 cm³/mol. The molecule has 0 radical (unpaired) electrons. The molecule has 3 aromatic carbocycles. The smallest absolute Gasteiger partial charge is 0.260 e. The lowest BCUT2D eigenvalue weighted by Gasteiger charge is -2.22. The molecule has 1 aliphatic carbocycles. The highest BCUT2D eigenvalue weighted by Gasteiger charge is 2.32. The van der Waals surface area contributed by atoms with Crippen molar-refractivity contribution in [3.05, 3.63) is 84.4 Å². The van der Waals surface area contributed by atoms with Gasteiger partial charge in [0.25, 0.3) is 5.91 Å². The zero-order valence-corrected chi connectivity index (χ0v) is 19.8. The van der Waals surface area contributed by atoms with Crippen molar-refractivity contribution in [2.75, 3.05) is 25.6 Å². The molecule has 182 valence electrons. The molecule has 1 aliphatic rings. The Hall–Kier alpha value is -4.00. The molecule has 0 saturated heterocycles. The SMILES string of the molecule is COc1ccccc1OCC(=O)N(CCC(=O)Nc1ccc(OCc2ccccc2)cc1)C1CC1. The van der Waals surface area contributed by atoms with E-state index >= 15 is 0 Å². The van der Waals surface area contributed by atoms with Crippen LogP contribution in [0.3, 0.4) is 0 Å². The van der Waals surface area contributed by atoms with Crippen LogP contribution >= 0.6 is 0 Å². The molecule has 0 aromatic heterocycles. The Labute approximate surface area is 205 Å². The molecular weight excluding hydrogens is 444 g/mol. The van der Waals surface area contributed by atoms with Gasteiger partial charge in [0, 0.05) is 24.7 Å².